The van der Waals surface area contributed by atoms with Crippen LogP contribution in [0.5, 0.6) is 0 Å². The summed E-state index contributed by atoms with van der Waals surface area (Å²) in [5.74, 6) is -0.463. The molecule has 0 N–H and O–H groups in total. The van der Waals surface area contributed by atoms with Crippen LogP contribution in [0.4, 0.5) is 0 Å². The van der Waals surface area contributed by atoms with E-state index < -0.39 is 11.9 Å². The van der Waals surface area contributed by atoms with Crippen LogP contribution in [0.25, 0.3) is 0 Å². The van der Waals surface area contributed by atoms with Crippen LogP contribution in [-0.4, -0.2) is 24.6 Å². The molecule has 126 valence electrons. The maximum absolute atomic E-state index is 12.4. The largest absolute Gasteiger partial charge is 0.462 e. The molecule has 0 amide bonds. The van der Waals surface area contributed by atoms with Gasteiger partial charge in [0.05, 0.1) is 17.7 Å². The van der Waals surface area contributed by atoms with Crippen molar-refractivity contribution >= 4 is 11.9 Å². The quantitative estimate of drug-likeness (QED) is 0.553. The molecule has 1 aliphatic carbocycles. The Morgan fingerprint density at radius 3 is 2.35 bits per heavy atom. The van der Waals surface area contributed by atoms with Crippen molar-refractivity contribution in [1.82, 2.24) is 0 Å². The number of rotatable bonds is 7. The Bertz CT molecular complexity index is 532. The van der Waals surface area contributed by atoms with E-state index in [9.17, 15) is 9.59 Å². The maximum Gasteiger partial charge on any atom is 0.339 e. The van der Waals surface area contributed by atoms with Crippen molar-refractivity contribution in [2.75, 3.05) is 6.61 Å². The van der Waals surface area contributed by atoms with Crippen LogP contribution in [0.1, 0.15) is 73.1 Å². The van der Waals surface area contributed by atoms with E-state index in [4.69, 9.17) is 9.47 Å². The molecule has 1 fully saturated rings. The zero-order valence-corrected chi connectivity index (χ0v) is 14.0. The van der Waals surface area contributed by atoms with Crippen molar-refractivity contribution in [3.05, 3.63) is 35.4 Å². The predicted octanol–water partition coefficient (Wildman–Crippen LogP) is 4.38. The summed E-state index contributed by atoms with van der Waals surface area (Å²) >= 11 is 0. The van der Waals surface area contributed by atoms with Crippen LogP contribution in [0.15, 0.2) is 24.3 Å². The Kier molecular flexibility index (Phi) is 6.63. The van der Waals surface area contributed by atoms with Gasteiger partial charge in [0.2, 0.25) is 0 Å². The first-order valence-corrected chi connectivity index (χ1v) is 8.60. The van der Waals surface area contributed by atoms with Crippen LogP contribution in [-0.2, 0) is 9.47 Å². The van der Waals surface area contributed by atoms with Crippen LogP contribution in [0.2, 0.25) is 0 Å². The van der Waals surface area contributed by atoms with Crippen molar-refractivity contribution in [3.63, 3.8) is 0 Å². The molecule has 4 heteroatoms. The molecule has 1 unspecified atom stereocenters. The summed E-state index contributed by atoms with van der Waals surface area (Å²) in [7, 11) is 0. The van der Waals surface area contributed by atoms with Gasteiger partial charge in [0.25, 0.3) is 0 Å². The van der Waals surface area contributed by atoms with Crippen molar-refractivity contribution in [2.24, 2.45) is 5.92 Å². The lowest BCUT2D eigenvalue weighted by molar-refractivity contribution is 0.0196. The average Bonchev–Trinajstić information content (AvgIpc) is 3.09. The molecule has 23 heavy (non-hydrogen) atoms. The molecule has 1 aromatic carbocycles. The molecule has 0 saturated heterocycles. The van der Waals surface area contributed by atoms with Crippen LogP contribution >= 0.6 is 0 Å². The first-order valence-electron chi connectivity index (χ1n) is 8.60. The van der Waals surface area contributed by atoms with Crippen molar-refractivity contribution in [3.8, 4) is 0 Å². The van der Waals surface area contributed by atoms with Gasteiger partial charge in [-0.15, -0.1) is 0 Å². The van der Waals surface area contributed by atoms with Crippen LogP contribution < -0.4 is 0 Å². The number of ether oxygens (including phenoxy) is 2. The first-order chi connectivity index (χ1) is 11.1. The van der Waals surface area contributed by atoms with E-state index in [0.29, 0.717) is 18.1 Å². The first kappa shape index (κ1) is 17.5. The second kappa shape index (κ2) is 8.70. The van der Waals surface area contributed by atoms with E-state index in [1.54, 1.807) is 24.3 Å². The van der Waals surface area contributed by atoms with Gasteiger partial charge in [-0.05, 0) is 44.2 Å². The Morgan fingerprint density at radius 2 is 1.74 bits per heavy atom. The number of esters is 2. The molecular weight excluding hydrogens is 292 g/mol. The fraction of sp³-hybridized carbons (Fsp3) is 0.579. The van der Waals surface area contributed by atoms with Crippen molar-refractivity contribution in [1.29, 1.82) is 0 Å². The molecule has 0 spiro atoms. The number of unbranched alkanes of at least 4 members (excludes halogenated alkanes) is 1. The highest BCUT2D eigenvalue weighted by Gasteiger charge is 2.26. The Balaban J connectivity index is 2.03. The van der Waals surface area contributed by atoms with Gasteiger partial charge in [0, 0.05) is 0 Å². The van der Waals surface area contributed by atoms with Crippen LogP contribution in [0, 0.1) is 5.92 Å². The molecule has 1 saturated carbocycles. The highest BCUT2D eigenvalue weighted by Crippen LogP contribution is 2.29. The summed E-state index contributed by atoms with van der Waals surface area (Å²) < 4.78 is 10.8. The van der Waals surface area contributed by atoms with Crippen LogP contribution in [0.3, 0.4) is 0 Å². The predicted molar refractivity (Wildman–Crippen MR) is 88.5 cm³/mol. The lowest BCUT2D eigenvalue weighted by atomic mass is 10.0. The number of hydrogen-bond acceptors (Lipinski definition) is 4. The van der Waals surface area contributed by atoms with Gasteiger partial charge in [-0.3, -0.25) is 0 Å². The molecule has 4 nitrogen and oxygen atoms in total. The zero-order valence-electron chi connectivity index (χ0n) is 14.0. The summed E-state index contributed by atoms with van der Waals surface area (Å²) in [5, 5.41) is 0. The molecule has 0 radical (unpaired) electrons. The minimum Gasteiger partial charge on any atom is -0.462 e. The fourth-order valence-electron chi connectivity index (χ4n) is 2.98. The minimum absolute atomic E-state index is 0.117. The third-order valence-corrected chi connectivity index (χ3v) is 4.45. The second-order valence-corrected chi connectivity index (χ2v) is 6.19. The van der Waals surface area contributed by atoms with Gasteiger partial charge >= 0.3 is 11.9 Å². The minimum atomic E-state index is -0.459. The van der Waals surface area contributed by atoms with E-state index in [0.717, 1.165) is 25.7 Å². The molecular formula is C19H26O4. The molecule has 1 aromatic rings. The maximum atomic E-state index is 12.4. The molecule has 1 atom stereocenters. The molecule has 0 heterocycles. The van der Waals surface area contributed by atoms with Crippen molar-refractivity contribution in [2.45, 2.75) is 58.5 Å². The van der Waals surface area contributed by atoms with E-state index in [2.05, 4.69) is 0 Å². The molecule has 1 aliphatic rings. The van der Waals surface area contributed by atoms with Gasteiger partial charge < -0.3 is 9.47 Å². The van der Waals surface area contributed by atoms with E-state index in [-0.39, 0.29) is 11.7 Å². The fourth-order valence-corrected chi connectivity index (χ4v) is 2.98. The van der Waals surface area contributed by atoms with E-state index >= 15 is 0 Å². The monoisotopic (exact) mass is 318 g/mol. The number of benzene rings is 1. The zero-order chi connectivity index (χ0) is 16.7. The number of carbonyl (C=O) groups excluding carboxylic acids is 2. The SMILES string of the molecule is CCCCOC(=O)c1ccccc1C(=O)OC(C)C1CCCC1. The number of carbonyl (C=O) groups is 2. The normalized spacial score (nSPS) is 16.1. The summed E-state index contributed by atoms with van der Waals surface area (Å²) in [6.45, 7) is 4.34. The summed E-state index contributed by atoms with van der Waals surface area (Å²) in [6.07, 6.45) is 6.27. The van der Waals surface area contributed by atoms with E-state index in [1.165, 1.54) is 12.8 Å². The third kappa shape index (κ3) is 4.81. The van der Waals surface area contributed by atoms with Gasteiger partial charge in [-0.2, -0.15) is 0 Å². The van der Waals surface area contributed by atoms with Gasteiger partial charge in [-0.1, -0.05) is 38.3 Å². The van der Waals surface area contributed by atoms with E-state index in [1.807, 2.05) is 13.8 Å². The molecule has 0 aromatic heterocycles. The topological polar surface area (TPSA) is 52.6 Å². The lowest BCUT2D eigenvalue weighted by Crippen LogP contribution is -2.23. The summed E-state index contributed by atoms with van der Waals surface area (Å²) in [6, 6.07) is 6.71. The highest BCUT2D eigenvalue weighted by atomic mass is 16.5. The molecule has 2 rings (SSSR count). The summed E-state index contributed by atoms with van der Waals surface area (Å²) in [5.41, 5.74) is 0.575. The standard InChI is InChI=1S/C19H26O4/c1-3-4-13-22-18(20)16-11-7-8-12-17(16)19(21)23-14(2)15-9-5-6-10-15/h7-8,11-12,14-15H,3-6,9-10,13H2,1-2H3. The summed E-state index contributed by atoms with van der Waals surface area (Å²) in [4.78, 5) is 24.6. The second-order valence-electron chi connectivity index (χ2n) is 6.19. The molecule has 0 aliphatic heterocycles. The highest BCUT2D eigenvalue weighted by molar-refractivity contribution is 6.03. The number of hydrogen-bond donors (Lipinski definition) is 0. The Hall–Kier alpha value is -1.84. The smallest absolute Gasteiger partial charge is 0.339 e. The Morgan fingerprint density at radius 1 is 1.13 bits per heavy atom. The average molecular weight is 318 g/mol. The van der Waals surface area contributed by atoms with Gasteiger partial charge in [0.15, 0.2) is 0 Å². The molecule has 0 bridgehead atoms. The van der Waals surface area contributed by atoms with Crippen molar-refractivity contribution < 1.29 is 19.1 Å². The van der Waals surface area contributed by atoms with Gasteiger partial charge in [0.1, 0.15) is 6.10 Å². The van der Waals surface area contributed by atoms with Gasteiger partial charge in [-0.25, -0.2) is 9.59 Å². The third-order valence-electron chi connectivity index (χ3n) is 4.45. The lowest BCUT2D eigenvalue weighted by Gasteiger charge is -2.20. The Labute approximate surface area is 138 Å².